The highest BCUT2D eigenvalue weighted by molar-refractivity contribution is 7.99. The zero-order chi connectivity index (χ0) is 20.3. The van der Waals surface area contributed by atoms with Gasteiger partial charge in [0.15, 0.2) is 10.3 Å². The number of carbonyl (C=O) groups excluding carboxylic acids is 1. The minimum absolute atomic E-state index is 0.0655. The van der Waals surface area contributed by atoms with Gasteiger partial charge in [0.25, 0.3) is 0 Å². The summed E-state index contributed by atoms with van der Waals surface area (Å²) in [7, 11) is 0. The van der Waals surface area contributed by atoms with E-state index in [0.29, 0.717) is 16.8 Å². The SMILES string of the molecule is Cc1ccc(-c2csc(NC(=O)CSc3nc(C)c(C)n3CC(C)C)n2)cc1. The Morgan fingerprint density at radius 1 is 1.18 bits per heavy atom. The molecule has 0 bridgehead atoms. The molecule has 1 N–H and O–H groups in total. The number of rotatable bonds is 7. The maximum Gasteiger partial charge on any atom is 0.236 e. The normalized spacial score (nSPS) is 11.2. The van der Waals surface area contributed by atoms with Crippen molar-refractivity contribution < 1.29 is 4.79 Å². The molecule has 0 radical (unpaired) electrons. The molecule has 2 aromatic heterocycles. The van der Waals surface area contributed by atoms with Crippen molar-refractivity contribution in [3.63, 3.8) is 0 Å². The van der Waals surface area contributed by atoms with Crippen molar-refractivity contribution >= 4 is 34.1 Å². The van der Waals surface area contributed by atoms with Crippen LogP contribution in [0, 0.1) is 26.7 Å². The van der Waals surface area contributed by atoms with E-state index >= 15 is 0 Å². The number of aromatic nitrogens is 3. The first kappa shape index (κ1) is 20.6. The Hall–Kier alpha value is -2.12. The van der Waals surface area contributed by atoms with Gasteiger partial charge in [-0.05, 0) is 26.7 Å². The summed E-state index contributed by atoms with van der Waals surface area (Å²) in [5.74, 6) is 0.771. The Morgan fingerprint density at radius 3 is 2.57 bits per heavy atom. The van der Waals surface area contributed by atoms with Gasteiger partial charge >= 0.3 is 0 Å². The van der Waals surface area contributed by atoms with Gasteiger partial charge in [0.05, 0.1) is 17.1 Å². The molecule has 7 heteroatoms. The van der Waals surface area contributed by atoms with Gasteiger partial charge < -0.3 is 9.88 Å². The molecule has 2 heterocycles. The number of hydrogen-bond acceptors (Lipinski definition) is 5. The maximum atomic E-state index is 12.4. The topological polar surface area (TPSA) is 59.8 Å². The molecule has 0 spiro atoms. The van der Waals surface area contributed by atoms with Crippen LogP contribution in [0.5, 0.6) is 0 Å². The van der Waals surface area contributed by atoms with Crippen molar-refractivity contribution in [2.75, 3.05) is 11.1 Å². The monoisotopic (exact) mass is 414 g/mol. The van der Waals surface area contributed by atoms with Crippen LogP contribution < -0.4 is 5.32 Å². The molecule has 148 valence electrons. The fraction of sp³-hybridized carbons (Fsp3) is 0.381. The Labute approximate surface area is 174 Å². The molecule has 0 aliphatic rings. The molecule has 1 amide bonds. The summed E-state index contributed by atoms with van der Waals surface area (Å²) in [5.41, 5.74) is 5.33. The lowest BCUT2D eigenvalue weighted by Crippen LogP contribution is -2.15. The van der Waals surface area contributed by atoms with E-state index < -0.39 is 0 Å². The Bertz CT molecular complexity index is 957. The van der Waals surface area contributed by atoms with Crippen molar-refractivity contribution in [1.29, 1.82) is 0 Å². The molecule has 0 aliphatic carbocycles. The molecule has 5 nitrogen and oxygen atoms in total. The third-order valence-corrected chi connectivity index (χ3v) is 6.13. The molecule has 0 saturated carbocycles. The highest BCUT2D eigenvalue weighted by Gasteiger charge is 2.15. The number of anilines is 1. The summed E-state index contributed by atoms with van der Waals surface area (Å²) in [4.78, 5) is 21.6. The Kier molecular flexibility index (Phi) is 6.57. The third kappa shape index (κ3) is 5.02. The Balaban J connectivity index is 1.61. The van der Waals surface area contributed by atoms with E-state index in [-0.39, 0.29) is 5.91 Å². The number of thiazole rings is 1. The quantitative estimate of drug-likeness (QED) is 0.532. The van der Waals surface area contributed by atoms with E-state index in [1.54, 1.807) is 0 Å². The zero-order valence-electron chi connectivity index (χ0n) is 16.9. The van der Waals surface area contributed by atoms with Gasteiger partial charge in [-0.3, -0.25) is 4.79 Å². The van der Waals surface area contributed by atoms with Gasteiger partial charge in [-0.2, -0.15) is 0 Å². The second-order valence-corrected chi connectivity index (χ2v) is 9.11. The minimum Gasteiger partial charge on any atom is -0.323 e. The van der Waals surface area contributed by atoms with E-state index in [2.05, 4.69) is 59.7 Å². The van der Waals surface area contributed by atoms with Gasteiger partial charge in [-0.15, -0.1) is 11.3 Å². The van der Waals surface area contributed by atoms with Gasteiger partial charge in [-0.25, -0.2) is 9.97 Å². The molecule has 0 unspecified atom stereocenters. The largest absolute Gasteiger partial charge is 0.323 e. The van der Waals surface area contributed by atoms with Crippen LogP contribution in [0.1, 0.15) is 30.8 Å². The van der Waals surface area contributed by atoms with Gasteiger partial charge in [0.1, 0.15) is 0 Å². The average molecular weight is 415 g/mol. The standard InChI is InChI=1S/C21H26N4OS2/c1-13(2)10-25-16(5)15(4)22-21(25)28-12-19(26)24-20-23-18(11-27-20)17-8-6-14(3)7-9-17/h6-9,11,13H,10,12H2,1-5H3,(H,23,24,26). The van der Waals surface area contributed by atoms with Crippen LogP contribution in [0.15, 0.2) is 34.8 Å². The average Bonchev–Trinajstić information content (AvgIpc) is 3.20. The van der Waals surface area contributed by atoms with Crippen molar-refractivity contribution in [2.24, 2.45) is 5.92 Å². The molecule has 0 atom stereocenters. The number of amides is 1. The van der Waals surface area contributed by atoms with E-state index in [1.165, 1.54) is 34.4 Å². The molecular weight excluding hydrogens is 388 g/mol. The first-order valence-corrected chi connectivity index (χ1v) is 11.2. The molecule has 1 aromatic carbocycles. The van der Waals surface area contributed by atoms with Crippen molar-refractivity contribution in [2.45, 2.75) is 46.3 Å². The highest BCUT2D eigenvalue weighted by Crippen LogP contribution is 2.26. The highest BCUT2D eigenvalue weighted by atomic mass is 32.2. The number of carbonyl (C=O) groups is 1. The predicted molar refractivity (Wildman–Crippen MR) is 118 cm³/mol. The van der Waals surface area contributed by atoms with E-state index in [0.717, 1.165) is 28.7 Å². The first-order chi connectivity index (χ1) is 13.3. The predicted octanol–water partition coefficient (Wildman–Crippen LogP) is 5.32. The molecule has 28 heavy (non-hydrogen) atoms. The van der Waals surface area contributed by atoms with Crippen LogP contribution in [0.25, 0.3) is 11.3 Å². The number of hydrogen-bond donors (Lipinski definition) is 1. The fourth-order valence-electron chi connectivity index (χ4n) is 2.79. The Morgan fingerprint density at radius 2 is 1.89 bits per heavy atom. The minimum atomic E-state index is -0.0655. The van der Waals surface area contributed by atoms with Crippen LogP contribution in [-0.4, -0.2) is 26.2 Å². The summed E-state index contributed by atoms with van der Waals surface area (Å²) in [6, 6.07) is 8.22. The van der Waals surface area contributed by atoms with Crippen molar-refractivity contribution in [3.05, 3.63) is 46.6 Å². The third-order valence-electron chi connectivity index (χ3n) is 4.40. The van der Waals surface area contributed by atoms with Crippen LogP contribution in [0.4, 0.5) is 5.13 Å². The first-order valence-electron chi connectivity index (χ1n) is 9.32. The lowest BCUT2D eigenvalue weighted by Gasteiger charge is -2.12. The number of thioether (sulfide) groups is 1. The van der Waals surface area contributed by atoms with Crippen LogP contribution >= 0.6 is 23.1 Å². The molecule has 3 rings (SSSR count). The number of aryl methyl sites for hydroxylation is 2. The lowest BCUT2D eigenvalue weighted by atomic mass is 10.1. The second-order valence-electron chi connectivity index (χ2n) is 7.31. The molecule has 0 aliphatic heterocycles. The zero-order valence-corrected chi connectivity index (χ0v) is 18.6. The molecule has 3 aromatic rings. The van der Waals surface area contributed by atoms with Gasteiger partial charge in [0, 0.05) is 23.2 Å². The van der Waals surface area contributed by atoms with Crippen LogP contribution in [-0.2, 0) is 11.3 Å². The maximum absolute atomic E-state index is 12.4. The molecule has 0 fully saturated rings. The van der Waals surface area contributed by atoms with E-state index in [4.69, 9.17) is 0 Å². The number of nitrogens with zero attached hydrogens (tertiary/aromatic N) is 3. The van der Waals surface area contributed by atoms with Crippen molar-refractivity contribution in [1.82, 2.24) is 14.5 Å². The van der Waals surface area contributed by atoms with Crippen molar-refractivity contribution in [3.8, 4) is 11.3 Å². The molecule has 0 saturated heterocycles. The second kappa shape index (κ2) is 8.92. The summed E-state index contributed by atoms with van der Waals surface area (Å²) in [6.45, 7) is 11.4. The van der Waals surface area contributed by atoms with Crippen LogP contribution in [0.2, 0.25) is 0 Å². The number of benzene rings is 1. The summed E-state index contributed by atoms with van der Waals surface area (Å²) in [5, 5.41) is 6.40. The number of nitrogens with one attached hydrogen (secondary N) is 1. The van der Waals surface area contributed by atoms with E-state index in [9.17, 15) is 4.79 Å². The van der Waals surface area contributed by atoms with Gasteiger partial charge in [0.2, 0.25) is 5.91 Å². The van der Waals surface area contributed by atoms with Crippen LogP contribution in [0.3, 0.4) is 0 Å². The lowest BCUT2D eigenvalue weighted by molar-refractivity contribution is -0.113. The van der Waals surface area contributed by atoms with Gasteiger partial charge in [-0.1, -0.05) is 55.4 Å². The summed E-state index contributed by atoms with van der Waals surface area (Å²) >= 11 is 2.92. The fourth-order valence-corrected chi connectivity index (χ4v) is 4.42. The summed E-state index contributed by atoms with van der Waals surface area (Å²) in [6.07, 6.45) is 0. The number of imidazole rings is 1. The molecular formula is C21H26N4OS2. The van der Waals surface area contributed by atoms with E-state index in [1.807, 2.05) is 24.4 Å². The summed E-state index contributed by atoms with van der Waals surface area (Å²) < 4.78 is 2.21. The smallest absolute Gasteiger partial charge is 0.236 e.